The molecule has 0 saturated carbocycles. The summed E-state index contributed by atoms with van der Waals surface area (Å²) in [4.78, 5) is 19.6. The van der Waals surface area contributed by atoms with Crippen molar-refractivity contribution in [2.45, 2.75) is 25.8 Å². The van der Waals surface area contributed by atoms with Crippen LogP contribution in [-0.4, -0.2) is 37.3 Å². The first-order valence-corrected chi connectivity index (χ1v) is 7.12. The molecule has 100 valence electrons. The topological polar surface area (TPSA) is 63.9 Å². The highest BCUT2D eigenvalue weighted by Crippen LogP contribution is 2.35. The number of amides is 1. The summed E-state index contributed by atoms with van der Waals surface area (Å²) in [5.74, 6) is 0.124. The van der Waals surface area contributed by atoms with Gasteiger partial charge in [0.05, 0.1) is 12.2 Å². The van der Waals surface area contributed by atoms with Crippen LogP contribution in [0.3, 0.4) is 0 Å². The van der Waals surface area contributed by atoms with Gasteiger partial charge in [0, 0.05) is 25.9 Å². The van der Waals surface area contributed by atoms with Gasteiger partial charge >= 0.3 is 0 Å². The summed E-state index contributed by atoms with van der Waals surface area (Å²) in [7, 11) is 1.78. The molecule has 2 aromatic heterocycles. The minimum absolute atomic E-state index is 0.124. The van der Waals surface area contributed by atoms with E-state index in [1.165, 1.54) is 4.80 Å². The van der Waals surface area contributed by atoms with Crippen molar-refractivity contribution in [2.24, 2.45) is 7.05 Å². The molecule has 1 aliphatic rings. The van der Waals surface area contributed by atoms with Crippen molar-refractivity contribution >= 4 is 17.2 Å². The van der Waals surface area contributed by atoms with Gasteiger partial charge < -0.3 is 4.90 Å². The van der Waals surface area contributed by atoms with Crippen molar-refractivity contribution in [1.29, 1.82) is 0 Å². The summed E-state index contributed by atoms with van der Waals surface area (Å²) in [5.41, 5.74) is 1.61. The van der Waals surface area contributed by atoms with Crippen molar-refractivity contribution in [3.63, 3.8) is 0 Å². The van der Waals surface area contributed by atoms with Gasteiger partial charge in [-0.05, 0) is 12.8 Å². The summed E-state index contributed by atoms with van der Waals surface area (Å²) in [6.07, 6.45) is 3.74. The molecule has 1 unspecified atom stereocenters. The smallest absolute Gasteiger partial charge is 0.220 e. The van der Waals surface area contributed by atoms with E-state index in [0.717, 1.165) is 35.8 Å². The molecule has 1 amide bonds. The minimum Gasteiger partial charge on any atom is -0.333 e. The molecule has 1 aliphatic heterocycles. The number of aryl methyl sites for hydroxylation is 1. The van der Waals surface area contributed by atoms with Crippen LogP contribution in [0.25, 0.3) is 11.4 Å². The number of hydrogen-bond donors (Lipinski definition) is 0. The average Bonchev–Trinajstić information content (AvgIpc) is 3.07. The average molecular weight is 277 g/mol. The van der Waals surface area contributed by atoms with Crippen LogP contribution in [0, 0.1) is 0 Å². The minimum atomic E-state index is 0.124. The zero-order valence-electron chi connectivity index (χ0n) is 10.9. The molecule has 0 spiro atoms. The van der Waals surface area contributed by atoms with Gasteiger partial charge in [-0.15, -0.1) is 11.3 Å². The maximum absolute atomic E-state index is 11.6. The number of rotatable bonds is 2. The van der Waals surface area contributed by atoms with E-state index in [4.69, 9.17) is 0 Å². The van der Waals surface area contributed by atoms with E-state index < -0.39 is 0 Å². The standard InChI is InChI=1S/C12H15N5OS/c1-8(18)17-5-3-4-11(17)12-14-10(7-19-12)9-6-13-16(2)15-9/h6-7,11H,3-5H2,1-2H3. The zero-order valence-corrected chi connectivity index (χ0v) is 11.7. The van der Waals surface area contributed by atoms with Crippen LogP contribution in [-0.2, 0) is 11.8 Å². The lowest BCUT2D eigenvalue weighted by Gasteiger charge is -2.20. The quantitative estimate of drug-likeness (QED) is 0.836. The van der Waals surface area contributed by atoms with Crippen LogP contribution in [0.4, 0.5) is 0 Å². The number of hydrogen-bond acceptors (Lipinski definition) is 5. The number of carbonyl (C=O) groups is 1. The molecular formula is C12H15N5OS. The van der Waals surface area contributed by atoms with Crippen molar-refractivity contribution < 1.29 is 4.79 Å². The SMILES string of the molecule is CC(=O)N1CCCC1c1nc(-c2cnn(C)n2)cs1. The van der Waals surface area contributed by atoms with E-state index in [9.17, 15) is 4.79 Å². The molecule has 1 atom stereocenters. The third kappa shape index (κ3) is 2.25. The van der Waals surface area contributed by atoms with Crippen LogP contribution in [0.1, 0.15) is 30.8 Å². The molecule has 2 aromatic rings. The second-order valence-electron chi connectivity index (χ2n) is 4.66. The molecule has 3 rings (SSSR count). The van der Waals surface area contributed by atoms with Crippen molar-refractivity contribution in [3.05, 3.63) is 16.6 Å². The Labute approximate surface area is 115 Å². The first-order valence-electron chi connectivity index (χ1n) is 6.24. The van der Waals surface area contributed by atoms with Crippen molar-refractivity contribution in [2.75, 3.05) is 6.54 Å². The van der Waals surface area contributed by atoms with Gasteiger partial charge in [0.25, 0.3) is 0 Å². The summed E-state index contributed by atoms with van der Waals surface area (Å²) in [6.45, 7) is 2.45. The third-order valence-electron chi connectivity index (χ3n) is 3.33. The number of likely N-dealkylation sites (tertiary alicyclic amines) is 1. The molecule has 0 aliphatic carbocycles. The lowest BCUT2D eigenvalue weighted by Crippen LogP contribution is -2.27. The fourth-order valence-electron chi connectivity index (χ4n) is 2.42. The summed E-state index contributed by atoms with van der Waals surface area (Å²) in [5, 5.41) is 11.3. The fraction of sp³-hybridized carbons (Fsp3) is 0.500. The Morgan fingerprint density at radius 2 is 2.32 bits per heavy atom. The van der Waals surface area contributed by atoms with E-state index in [-0.39, 0.29) is 11.9 Å². The number of carbonyl (C=O) groups excluding carboxylic acids is 1. The molecule has 7 heteroatoms. The molecule has 19 heavy (non-hydrogen) atoms. The van der Waals surface area contributed by atoms with Gasteiger partial charge in [-0.1, -0.05) is 0 Å². The normalized spacial score (nSPS) is 19.1. The Kier molecular flexibility index (Phi) is 3.06. The van der Waals surface area contributed by atoms with Crippen LogP contribution >= 0.6 is 11.3 Å². The van der Waals surface area contributed by atoms with Gasteiger partial charge in [-0.2, -0.15) is 15.0 Å². The molecule has 0 bridgehead atoms. The fourth-order valence-corrected chi connectivity index (χ4v) is 3.38. The predicted octanol–water partition coefficient (Wildman–Crippen LogP) is 1.62. The zero-order chi connectivity index (χ0) is 13.4. The number of nitrogens with zero attached hydrogens (tertiary/aromatic N) is 5. The lowest BCUT2D eigenvalue weighted by atomic mass is 10.2. The summed E-state index contributed by atoms with van der Waals surface area (Å²) >= 11 is 1.59. The van der Waals surface area contributed by atoms with Gasteiger partial charge in [-0.25, -0.2) is 4.98 Å². The maximum atomic E-state index is 11.6. The van der Waals surface area contributed by atoms with Crippen LogP contribution in [0.2, 0.25) is 0 Å². The highest BCUT2D eigenvalue weighted by Gasteiger charge is 2.30. The Hall–Kier alpha value is -1.76. The van der Waals surface area contributed by atoms with E-state index in [1.54, 1.807) is 31.5 Å². The van der Waals surface area contributed by atoms with E-state index in [0.29, 0.717) is 0 Å². The van der Waals surface area contributed by atoms with E-state index >= 15 is 0 Å². The first-order chi connectivity index (χ1) is 9.15. The van der Waals surface area contributed by atoms with Crippen LogP contribution < -0.4 is 0 Å². The largest absolute Gasteiger partial charge is 0.333 e. The van der Waals surface area contributed by atoms with Crippen LogP contribution in [0.15, 0.2) is 11.6 Å². The molecule has 6 nitrogen and oxygen atoms in total. The Morgan fingerprint density at radius 1 is 1.47 bits per heavy atom. The number of aromatic nitrogens is 4. The Balaban J connectivity index is 1.87. The van der Waals surface area contributed by atoms with Gasteiger partial charge in [0.2, 0.25) is 5.91 Å². The molecule has 3 heterocycles. The van der Waals surface area contributed by atoms with Gasteiger partial charge in [-0.3, -0.25) is 4.79 Å². The van der Waals surface area contributed by atoms with Gasteiger partial charge in [0.15, 0.2) is 0 Å². The highest BCUT2D eigenvalue weighted by molar-refractivity contribution is 7.10. The molecule has 0 radical (unpaired) electrons. The highest BCUT2D eigenvalue weighted by atomic mass is 32.1. The molecule has 0 N–H and O–H groups in total. The van der Waals surface area contributed by atoms with E-state index in [1.807, 2.05) is 10.3 Å². The van der Waals surface area contributed by atoms with Crippen LogP contribution in [0.5, 0.6) is 0 Å². The number of thiazole rings is 1. The Bertz CT molecular complexity index is 605. The second-order valence-corrected chi connectivity index (χ2v) is 5.55. The summed E-state index contributed by atoms with van der Waals surface area (Å²) < 4.78 is 0. The predicted molar refractivity (Wildman–Crippen MR) is 71.5 cm³/mol. The lowest BCUT2D eigenvalue weighted by molar-refractivity contribution is -0.129. The van der Waals surface area contributed by atoms with Gasteiger partial charge in [0.1, 0.15) is 16.4 Å². The monoisotopic (exact) mass is 277 g/mol. The second kappa shape index (κ2) is 4.73. The Morgan fingerprint density at radius 3 is 3.00 bits per heavy atom. The molecular weight excluding hydrogens is 262 g/mol. The first kappa shape index (κ1) is 12.3. The maximum Gasteiger partial charge on any atom is 0.220 e. The van der Waals surface area contributed by atoms with E-state index in [2.05, 4.69) is 15.2 Å². The molecule has 1 fully saturated rings. The molecule has 1 saturated heterocycles. The molecule has 0 aromatic carbocycles. The summed E-state index contributed by atoms with van der Waals surface area (Å²) in [6, 6.07) is 0.132. The van der Waals surface area contributed by atoms with Crippen molar-refractivity contribution in [1.82, 2.24) is 24.9 Å². The third-order valence-corrected chi connectivity index (χ3v) is 4.27. The van der Waals surface area contributed by atoms with Crippen molar-refractivity contribution in [3.8, 4) is 11.4 Å².